The topological polar surface area (TPSA) is 44.5 Å². The molecule has 4 heterocycles. The van der Waals surface area contributed by atoms with E-state index >= 15 is 0 Å². The molecule has 234 valence electrons. The summed E-state index contributed by atoms with van der Waals surface area (Å²) in [6.07, 6.45) is 1.82. The molecular formula is C43H36BNO3. The van der Waals surface area contributed by atoms with Gasteiger partial charge in [0.05, 0.1) is 5.69 Å². The summed E-state index contributed by atoms with van der Waals surface area (Å²) in [5.74, 6) is 3.41. The standard InChI is InChI=1S/C43H36BNO3/c1-42(2,3)26-16-18-35-32(23-26)44-33-24-27(43(4,5)6)17-19-36(33)47-38-22-25(21-37(46-35)39(38)44)28-11-9-12-29-30-13-10-14-31(41(30)48-40(28)29)34-15-7-8-20-45-34/h7-24H,1-6H3. The summed E-state index contributed by atoms with van der Waals surface area (Å²) in [4.78, 5) is 4.62. The molecule has 2 aliphatic heterocycles. The predicted molar refractivity (Wildman–Crippen MR) is 197 cm³/mol. The number of hydrogen-bond donors (Lipinski definition) is 0. The number of pyridine rings is 1. The molecule has 0 N–H and O–H groups in total. The summed E-state index contributed by atoms with van der Waals surface area (Å²) in [7, 11) is 0. The summed E-state index contributed by atoms with van der Waals surface area (Å²) in [5, 5.41) is 2.13. The fourth-order valence-corrected chi connectivity index (χ4v) is 7.36. The van der Waals surface area contributed by atoms with Crippen LogP contribution >= 0.6 is 0 Å². The molecule has 2 aliphatic rings. The highest BCUT2D eigenvalue weighted by atomic mass is 16.5. The zero-order valence-corrected chi connectivity index (χ0v) is 28.1. The van der Waals surface area contributed by atoms with Gasteiger partial charge in [-0.1, -0.05) is 102 Å². The second-order valence-corrected chi connectivity index (χ2v) is 15.2. The zero-order valence-electron chi connectivity index (χ0n) is 28.1. The SMILES string of the molecule is CC(C)(C)c1ccc2c(c1)B1c3cc(C(C)(C)C)ccc3Oc3cc(-c4cccc5c4oc4c(-c6ccccn6)cccc45)cc(c31)O2. The molecule has 5 heteroatoms. The van der Waals surface area contributed by atoms with Crippen molar-refractivity contribution in [3.05, 3.63) is 120 Å². The minimum Gasteiger partial charge on any atom is -0.458 e. The summed E-state index contributed by atoms with van der Waals surface area (Å²) >= 11 is 0. The maximum absolute atomic E-state index is 6.80. The molecule has 0 saturated carbocycles. The number of ether oxygens (including phenoxy) is 2. The number of nitrogens with zero attached hydrogens (tertiary/aromatic N) is 1. The summed E-state index contributed by atoms with van der Waals surface area (Å²) in [6, 6.07) is 36.3. The van der Waals surface area contributed by atoms with Crippen molar-refractivity contribution in [1.29, 1.82) is 0 Å². The first-order chi connectivity index (χ1) is 23.0. The minimum absolute atomic E-state index is 0.00491. The van der Waals surface area contributed by atoms with Crippen LogP contribution < -0.4 is 25.9 Å². The highest BCUT2D eigenvalue weighted by Crippen LogP contribution is 2.43. The van der Waals surface area contributed by atoms with Gasteiger partial charge in [0.1, 0.15) is 34.2 Å². The normalized spacial score (nSPS) is 13.5. The Balaban J connectivity index is 1.26. The number of fused-ring (bicyclic) bond motifs is 7. The van der Waals surface area contributed by atoms with Gasteiger partial charge in [-0.25, -0.2) is 0 Å². The molecule has 0 aliphatic carbocycles. The van der Waals surface area contributed by atoms with Crippen LogP contribution in [0.15, 0.2) is 114 Å². The van der Waals surface area contributed by atoms with Crippen molar-refractivity contribution >= 4 is 45.0 Å². The second kappa shape index (κ2) is 10.1. The number of para-hydroxylation sites is 2. The van der Waals surface area contributed by atoms with E-state index in [0.29, 0.717) is 0 Å². The molecule has 48 heavy (non-hydrogen) atoms. The van der Waals surface area contributed by atoms with Crippen LogP contribution in [0.2, 0.25) is 0 Å². The maximum Gasteiger partial charge on any atom is 0.260 e. The lowest BCUT2D eigenvalue weighted by Crippen LogP contribution is -2.57. The van der Waals surface area contributed by atoms with E-state index in [-0.39, 0.29) is 17.5 Å². The average molecular weight is 626 g/mol. The van der Waals surface area contributed by atoms with E-state index in [2.05, 4.69) is 131 Å². The highest BCUT2D eigenvalue weighted by Gasteiger charge is 2.41. The van der Waals surface area contributed by atoms with Gasteiger partial charge < -0.3 is 13.9 Å². The highest BCUT2D eigenvalue weighted by molar-refractivity contribution is 6.98. The van der Waals surface area contributed by atoms with Crippen molar-refractivity contribution in [1.82, 2.24) is 4.98 Å². The zero-order chi connectivity index (χ0) is 32.9. The van der Waals surface area contributed by atoms with Gasteiger partial charge in [-0.2, -0.15) is 0 Å². The summed E-state index contributed by atoms with van der Waals surface area (Å²) in [5.41, 5.74) is 11.5. The van der Waals surface area contributed by atoms with Crippen LogP contribution in [0.5, 0.6) is 23.0 Å². The van der Waals surface area contributed by atoms with E-state index in [1.54, 1.807) is 0 Å². The van der Waals surface area contributed by atoms with Crippen molar-refractivity contribution in [2.45, 2.75) is 52.4 Å². The Morgan fingerprint density at radius 1 is 0.542 bits per heavy atom. The van der Waals surface area contributed by atoms with Crippen molar-refractivity contribution in [3.8, 4) is 45.4 Å². The van der Waals surface area contributed by atoms with Gasteiger partial charge in [-0.05, 0) is 80.9 Å². The number of benzene rings is 5. The molecule has 4 nitrogen and oxygen atoms in total. The van der Waals surface area contributed by atoms with Crippen LogP contribution in [-0.4, -0.2) is 11.7 Å². The van der Waals surface area contributed by atoms with E-state index < -0.39 is 0 Å². The molecular weight excluding hydrogens is 589 g/mol. The largest absolute Gasteiger partial charge is 0.458 e. The number of aromatic nitrogens is 1. The maximum atomic E-state index is 6.80. The Morgan fingerprint density at radius 3 is 1.65 bits per heavy atom. The van der Waals surface area contributed by atoms with E-state index in [1.165, 1.54) is 22.1 Å². The molecule has 7 aromatic rings. The van der Waals surface area contributed by atoms with Gasteiger partial charge in [0.25, 0.3) is 6.71 Å². The lowest BCUT2D eigenvalue weighted by atomic mass is 9.34. The molecule has 9 rings (SSSR count). The molecule has 0 radical (unpaired) electrons. The third-order valence-corrected chi connectivity index (χ3v) is 9.98. The smallest absolute Gasteiger partial charge is 0.260 e. The molecule has 0 fully saturated rings. The fraction of sp³-hybridized carbons (Fsp3) is 0.186. The van der Waals surface area contributed by atoms with Gasteiger partial charge in [-0.3, -0.25) is 4.98 Å². The van der Waals surface area contributed by atoms with E-state index in [0.717, 1.165) is 72.8 Å². The predicted octanol–water partition coefficient (Wildman–Crippen LogP) is 9.64. The van der Waals surface area contributed by atoms with Gasteiger partial charge in [0, 0.05) is 33.6 Å². The molecule has 0 saturated heterocycles. The Morgan fingerprint density at radius 2 is 1.10 bits per heavy atom. The monoisotopic (exact) mass is 625 g/mol. The number of furan rings is 1. The van der Waals surface area contributed by atoms with Gasteiger partial charge >= 0.3 is 0 Å². The van der Waals surface area contributed by atoms with Crippen LogP contribution in [0.25, 0.3) is 44.3 Å². The summed E-state index contributed by atoms with van der Waals surface area (Å²) in [6.45, 7) is 13.6. The third-order valence-electron chi connectivity index (χ3n) is 9.98. The Hall–Kier alpha value is -5.29. The molecule has 0 spiro atoms. The second-order valence-electron chi connectivity index (χ2n) is 15.2. The lowest BCUT2D eigenvalue weighted by molar-refractivity contribution is 0.464. The van der Waals surface area contributed by atoms with Crippen LogP contribution in [0.1, 0.15) is 52.7 Å². The molecule has 0 amide bonds. The van der Waals surface area contributed by atoms with Gasteiger partial charge in [0.2, 0.25) is 0 Å². The molecule has 0 atom stereocenters. The molecule has 2 aromatic heterocycles. The van der Waals surface area contributed by atoms with Crippen LogP contribution in [0, 0.1) is 0 Å². The quantitative estimate of drug-likeness (QED) is 0.180. The lowest BCUT2D eigenvalue weighted by Gasteiger charge is -2.35. The number of rotatable bonds is 2. The van der Waals surface area contributed by atoms with Crippen LogP contribution in [0.3, 0.4) is 0 Å². The average Bonchev–Trinajstić information content (AvgIpc) is 3.46. The first-order valence-corrected chi connectivity index (χ1v) is 16.7. The third kappa shape index (κ3) is 4.41. The first kappa shape index (κ1) is 28.9. The van der Waals surface area contributed by atoms with Crippen molar-refractivity contribution in [2.24, 2.45) is 0 Å². The van der Waals surface area contributed by atoms with E-state index in [1.807, 2.05) is 24.4 Å². The summed E-state index contributed by atoms with van der Waals surface area (Å²) < 4.78 is 20.3. The van der Waals surface area contributed by atoms with Gasteiger partial charge in [-0.15, -0.1) is 0 Å². The minimum atomic E-state index is -0.0101. The first-order valence-electron chi connectivity index (χ1n) is 16.7. The number of hydrogen-bond acceptors (Lipinski definition) is 4. The van der Waals surface area contributed by atoms with E-state index in [4.69, 9.17) is 13.9 Å². The molecule has 0 bridgehead atoms. The molecule has 5 aromatic carbocycles. The van der Waals surface area contributed by atoms with E-state index in [9.17, 15) is 0 Å². The Bertz CT molecular complexity index is 2340. The Kier molecular flexibility index (Phi) is 6.09. The van der Waals surface area contributed by atoms with Gasteiger partial charge in [0.15, 0.2) is 0 Å². The van der Waals surface area contributed by atoms with Crippen molar-refractivity contribution in [3.63, 3.8) is 0 Å². The van der Waals surface area contributed by atoms with Crippen LogP contribution in [0.4, 0.5) is 0 Å². The van der Waals surface area contributed by atoms with Crippen molar-refractivity contribution < 1.29 is 13.9 Å². The Labute approximate surface area is 281 Å². The van der Waals surface area contributed by atoms with Crippen molar-refractivity contribution in [2.75, 3.05) is 0 Å². The van der Waals surface area contributed by atoms with Crippen LogP contribution in [-0.2, 0) is 10.8 Å². The molecule has 0 unspecified atom stereocenters. The fourth-order valence-electron chi connectivity index (χ4n) is 7.36.